The number of furan rings is 1. The predicted molar refractivity (Wildman–Crippen MR) is 187 cm³/mol. The Morgan fingerprint density at radius 3 is 2.17 bits per heavy atom. The van der Waals surface area contributed by atoms with Gasteiger partial charge in [0.25, 0.3) is 20.2 Å². The Morgan fingerprint density at radius 2 is 1.49 bits per heavy atom. The van der Waals surface area contributed by atoms with E-state index in [-0.39, 0.29) is 19.4 Å². The zero-order valence-electron chi connectivity index (χ0n) is 26.4. The summed E-state index contributed by atoms with van der Waals surface area (Å²) in [7, 11) is -8.42. The number of hydrogen-bond donors (Lipinski definition) is 2. The molecule has 0 amide bonds. The standard InChI is InChI=1S/C36H37NO8S2/c1-4-25(19-33-30(15-13-23(2)46(38,39)40)36-29-12-8-7-9-26(29)14-16-32(36)44-33)20-35-37(18-17-24(3)47(41,42)43)31-21-27-10-5-6-11-28(27)22-34(31)45-35/h5-12,14,16,19-24H,4,13,15,17-18H2,1-3H3,(H,38,39,40)(H,41,42,43)/b25-19+,35-20-. The average molecular weight is 676 g/mol. The number of fused-ring (bicyclic) bond motifs is 5. The van der Waals surface area contributed by atoms with Gasteiger partial charge in [-0.25, -0.2) is 0 Å². The fourth-order valence-corrected chi connectivity index (χ4v) is 6.79. The molecule has 1 aromatic heterocycles. The molecule has 4 aromatic carbocycles. The van der Waals surface area contributed by atoms with Crippen LogP contribution in [0.2, 0.25) is 0 Å². The molecule has 2 N–H and O–H groups in total. The maximum Gasteiger partial charge on any atom is 0.267 e. The lowest BCUT2D eigenvalue weighted by Gasteiger charge is -2.20. The minimum atomic E-state index is -4.21. The van der Waals surface area contributed by atoms with Gasteiger partial charge in [-0.1, -0.05) is 61.5 Å². The molecule has 246 valence electrons. The van der Waals surface area contributed by atoms with Gasteiger partial charge in [0.05, 0.1) is 16.2 Å². The summed E-state index contributed by atoms with van der Waals surface area (Å²) in [5.41, 5.74) is 3.17. The molecule has 0 aliphatic carbocycles. The Labute approximate surface area is 274 Å². The minimum Gasteiger partial charge on any atom is -0.456 e. The molecule has 1 aliphatic heterocycles. The van der Waals surface area contributed by atoms with Gasteiger partial charge in [0.15, 0.2) is 5.75 Å². The van der Waals surface area contributed by atoms with Crippen molar-refractivity contribution in [2.75, 3.05) is 11.4 Å². The third kappa shape index (κ3) is 6.80. The van der Waals surface area contributed by atoms with E-state index in [9.17, 15) is 25.9 Å². The second-order valence-corrected chi connectivity index (χ2v) is 15.7. The highest BCUT2D eigenvalue weighted by Gasteiger charge is 2.29. The van der Waals surface area contributed by atoms with Crippen LogP contribution in [0.5, 0.6) is 5.75 Å². The van der Waals surface area contributed by atoms with Crippen LogP contribution in [-0.2, 0) is 26.7 Å². The molecule has 11 heteroatoms. The van der Waals surface area contributed by atoms with E-state index in [1.165, 1.54) is 13.8 Å². The molecule has 1 aliphatic rings. The molecule has 0 radical (unpaired) electrons. The Hall–Kier alpha value is -4.16. The molecule has 2 unspecified atom stereocenters. The quantitative estimate of drug-likeness (QED) is 0.133. The second-order valence-electron chi connectivity index (χ2n) is 12.1. The van der Waals surface area contributed by atoms with Gasteiger partial charge in [0.2, 0.25) is 5.88 Å². The van der Waals surface area contributed by atoms with Gasteiger partial charge < -0.3 is 14.1 Å². The monoisotopic (exact) mass is 675 g/mol. The molecule has 0 fully saturated rings. The first-order valence-electron chi connectivity index (χ1n) is 15.6. The third-order valence-electron chi connectivity index (χ3n) is 8.92. The van der Waals surface area contributed by atoms with E-state index < -0.39 is 30.7 Å². The Kier molecular flexibility index (Phi) is 8.92. The highest BCUT2D eigenvalue weighted by Crippen LogP contribution is 2.43. The van der Waals surface area contributed by atoms with Gasteiger partial charge in [-0.2, -0.15) is 16.8 Å². The van der Waals surface area contributed by atoms with Crippen LogP contribution < -0.4 is 9.64 Å². The summed E-state index contributed by atoms with van der Waals surface area (Å²) < 4.78 is 79.5. The Bertz CT molecular complexity index is 2270. The molecular weight excluding hydrogens is 639 g/mol. The van der Waals surface area contributed by atoms with Crippen LogP contribution in [-0.4, -0.2) is 43.0 Å². The van der Waals surface area contributed by atoms with Crippen molar-refractivity contribution in [2.45, 2.75) is 57.0 Å². The van der Waals surface area contributed by atoms with Crippen LogP contribution in [0, 0.1) is 0 Å². The average Bonchev–Trinajstić information content (AvgIpc) is 3.56. The first-order chi connectivity index (χ1) is 22.3. The van der Waals surface area contributed by atoms with Crippen molar-refractivity contribution in [1.82, 2.24) is 0 Å². The van der Waals surface area contributed by atoms with Crippen molar-refractivity contribution in [2.24, 2.45) is 0 Å². The highest BCUT2D eigenvalue weighted by molar-refractivity contribution is 7.86. The number of allylic oxidation sites excluding steroid dienone is 2. The molecule has 2 heterocycles. The Morgan fingerprint density at radius 1 is 0.851 bits per heavy atom. The summed E-state index contributed by atoms with van der Waals surface area (Å²) in [6, 6.07) is 23.7. The highest BCUT2D eigenvalue weighted by atomic mass is 32.2. The van der Waals surface area contributed by atoms with E-state index in [1.807, 2.05) is 96.8 Å². The van der Waals surface area contributed by atoms with E-state index in [1.54, 1.807) is 0 Å². The largest absolute Gasteiger partial charge is 0.456 e. The van der Waals surface area contributed by atoms with Gasteiger partial charge in [-0.05, 0) is 90.9 Å². The van der Waals surface area contributed by atoms with Crippen molar-refractivity contribution in [3.05, 3.63) is 102 Å². The van der Waals surface area contributed by atoms with Gasteiger partial charge in [0, 0.05) is 23.6 Å². The van der Waals surface area contributed by atoms with Crippen molar-refractivity contribution < 1.29 is 35.1 Å². The summed E-state index contributed by atoms with van der Waals surface area (Å²) in [5, 5.41) is 3.01. The Balaban J connectivity index is 1.44. The maximum absolute atomic E-state index is 11.9. The van der Waals surface area contributed by atoms with Crippen molar-refractivity contribution in [3.8, 4) is 5.75 Å². The summed E-state index contributed by atoms with van der Waals surface area (Å²) in [5.74, 6) is 1.73. The van der Waals surface area contributed by atoms with Crippen LogP contribution in [0.1, 0.15) is 51.4 Å². The van der Waals surface area contributed by atoms with E-state index in [0.29, 0.717) is 35.8 Å². The SMILES string of the molecule is CCC(/C=C1\Oc2cc3ccccc3cc2N1CCC(C)S(=O)(=O)O)=C\c1oc2ccc3ccccc3c2c1CCC(C)S(=O)(=O)O. The minimum absolute atomic E-state index is 0.170. The number of benzene rings is 4. The van der Waals surface area contributed by atoms with Gasteiger partial charge >= 0.3 is 0 Å². The molecule has 0 spiro atoms. The molecule has 0 saturated carbocycles. The normalized spacial score (nSPS) is 16.2. The van der Waals surface area contributed by atoms with Crippen molar-refractivity contribution in [3.63, 3.8) is 0 Å². The summed E-state index contributed by atoms with van der Waals surface area (Å²) in [6.45, 7) is 5.25. The number of nitrogens with zero attached hydrogens (tertiary/aromatic N) is 1. The topological polar surface area (TPSA) is 134 Å². The molecule has 47 heavy (non-hydrogen) atoms. The number of aryl methyl sites for hydroxylation is 1. The fraction of sp³-hybridized carbons (Fsp3) is 0.278. The molecular formula is C36H37NO8S2. The first-order valence-corrected chi connectivity index (χ1v) is 18.6. The fourth-order valence-electron chi connectivity index (χ4n) is 5.97. The van der Waals surface area contributed by atoms with Gasteiger partial charge in [0.1, 0.15) is 11.3 Å². The lowest BCUT2D eigenvalue weighted by Crippen LogP contribution is -2.27. The smallest absolute Gasteiger partial charge is 0.267 e. The molecule has 9 nitrogen and oxygen atoms in total. The van der Waals surface area contributed by atoms with Crippen LogP contribution in [0.15, 0.2) is 94.7 Å². The third-order valence-corrected chi connectivity index (χ3v) is 11.4. The van der Waals surface area contributed by atoms with E-state index in [0.717, 1.165) is 43.8 Å². The van der Waals surface area contributed by atoms with Crippen LogP contribution >= 0.6 is 0 Å². The van der Waals surface area contributed by atoms with Crippen LogP contribution in [0.4, 0.5) is 5.69 Å². The number of ether oxygens (including phenoxy) is 1. The molecule has 0 saturated heterocycles. The van der Waals surface area contributed by atoms with Crippen molar-refractivity contribution in [1.29, 1.82) is 0 Å². The summed E-state index contributed by atoms with van der Waals surface area (Å²) in [4.78, 5) is 1.92. The predicted octanol–water partition coefficient (Wildman–Crippen LogP) is 8.15. The molecule has 6 rings (SSSR count). The lowest BCUT2D eigenvalue weighted by atomic mass is 9.98. The maximum atomic E-state index is 11.9. The van der Waals surface area contributed by atoms with Gasteiger partial charge in [-0.15, -0.1) is 0 Å². The zero-order valence-corrected chi connectivity index (χ0v) is 28.0. The summed E-state index contributed by atoms with van der Waals surface area (Å²) in [6.07, 6.45) is 5.15. The lowest BCUT2D eigenvalue weighted by molar-refractivity contribution is 0.434. The number of rotatable bonds is 11. The molecule has 5 aromatic rings. The van der Waals surface area contributed by atoms with E-state index in [2.05, 4.69) is 0 Å². The first kappa shape index (κ1) is 32.8. The van der Waals surface area contributed by atoms with Gasteiger partial charge in [-0.3, -0.25) is 9.11 Å². The molecule has 2 atom stereocenters. The molecule has 0 bridgehead atoms. The zero-order chi connectivity index (χ0) is 33.5. The number of hydrogen-bond acceptors (Lipinski definition) is 7. The second kappa shape index (κ2) is 12.8. The number of anilines is 1. The van der Waals surface area contributed by atoms with Crippen molar-refractivity contribution >= 4 is 64.5 Å². The summed E-state index contributed by atoms with van der Waals surface area (Å²) >= 11 is 0. The van der Waals surface area contributed by atoms with E-state index >= 15 is 0 Å². The van der Waals surface area contributed by atoms with Crippen LogP contribution in [0.3, 0.4) is 0 Å². The van der Waals surface area contributed by atoms with Crippen LogP contribution in [0.25, 0.3) is 38.6 Å². The van der Waals surface area contributed by atoms with E-state index in [4.69, 9.17) is 9.15 Å².